The maximum Gasteiger partial charge on any atom is 0.407 e. The topological polar surface area (TPSA) is 75.6 Å². The number of rotatable bonds is 6. The Bertz CT molecular complexity index is 848. The van der Waals surface area contributed by atoms with E-state index in [0.29, 0.717) is 5.57 Å². The maximum atomic E-state index is 12.2. The minimum atomic E-state index is -1.14. The Morgan fingerprint density at radius 2 is 1.70 bits per heavy atom. The molecule has 0 saturated heterocycles. The van der Waals surface area contributed by atoms with Gasteiger partial charge in [-0.15, -0.1) is 0 Å². The van der Waals surface area contributed by atoms with Crippen LogP contribution in [0.3, 0.4) is 0 Å². The van der Waals surface area contributed by atoms with E-state index in [4.69, 9.17) is 16.3 Å². The number of aliphatic carboxylic acids is 1. The first-order chi connectivity index (χ1) is 13.0. The van der Waals surface area contributed by atoms with Gasteiger partial charge in [-0.2, -0.15) is 0 Å². The molecular weight excluding hydrogens is 366 g/mol. The Morgan fingerprint density at radius 1 is 1.15 bits per heavy atom. The van der Waals surface area contributed by atoms with Gasteiger partial charge in [0.2, 0.25) is 0 Å². The number of carbonyl (C=O) groups is 2. The molecule has 1 aliphatic rings. The molecule has 0 spiro atoms. The van der Waals surface area contributed by atoms with Crippen molar-refractivity contribution in [2.45, 2.75) is 25.3 Å². The highest BCUT2D eigenvalue weighted by Crippen LogP contribution is 2.44. The molecule has 2 aromatic rings. The monoisotopic (exact) mass is 385 g/mol. The summed E-state index contributed by atoms with van der Waals surface area (Å²) in [5, 5.41) is 11.7. The van der Waals surface area contributed by atoms with Gasteiger partial charge in [0.15, 0.2) is 0 Å². The van der Waals surface area contributed by atoms with Crippen molar-refractivity contribution in [3.05, 3.63) is 70.8 Å². The lowest BCUT2D eigenvalue weighted by molar-refractivity contribution is -0.139. The van der Waals surface area contributed by atoms with Crippen molar-refractivity contribution in [3.8, 4) is 11.1 Å². The van der Waals surface area contributed by atoms with Crippen LogP contribution in [0.25, 0.3) is 11.1 Å². The Hall–Kier alpha value is -2.79. The van der Waals surface area contributed by atoms with Crippen LogP contribution in [0.5, 0.6) is 0 Å². The molecule has 1 unspecified atom stereocenters. The Balaban J connectivity index is 1.69. The fourth-order valence-electron chi connectivity index (χ4n) is 3.35. The van der Waals surface area contributed by atoms with E-state index in [0.717, 1.165) is 22.3 Å². The van der Waals surface area contributed by atoms with Gasteiger partial charge in [-0.1, -0.05) is 65.7 Å². The molecule has 0 aromatic heterocycles. The molecular formula is C21H20ClNO4. The van der Waals surface area contributed by atoms with Crippen molar-refractivity contribution in [1.82, 2.24) is 5.32 Å². The van der Waals surface area contributed by atoms with E-state index in [9.17, 15) is 14.7 Å². The first kappa shape index (κ1) is 19.0. The van der Waals surface area contributed by atoms with E-state index < -0.39 is 18.1 Å². The molecule has 27 heavy (non-hydrogen) atoms. The molecule has 0 radical (unpaired) electrons. The van der Waals surface area contributed by atoms with Gasteiger partial charge in [0.25, 0.3) is 0 Å². The minimum Gasteiger partial charge on any atom is -0.480 e. The zero-order valence-electron chi connectivity index (χ0n) is 14.8. The van der Waals surface area contributed by atoms with Crippen LogP contribution in [0.15, 0.2) is 59.6 Å². The Labute approximate surface area is 162 Å². The van der Waals surface area contributed by atoms with Crippen molar-refractivity contribution in [2.24, 2.45) is 0 Å². The van der Waals surface area contributed by atoms with E-state index in [1.54, 1.807) is 6.92 Å². The second kappa shape index (κ2) is 8.27. The predicted molar refractivity (Wildman–Crippen MR) is 104 cm³/mol. The van der Waals surface area contributed by atoms with Crippen LogP contribution < -0.4 is 5.32 Å². The summed E-state index contributed by atoms with van der Waals surface area (Å²) in [5.41, 5.74) is 6.42. The molecule has 1 aliphatic carbocycles. The molecule has 0 heterocycles. The minimum absolute atomic E-state index is 0.0732. The zero-order valence-corrected chi connectivity index (χ0v) is 15.6. The lowest BCUT2D eigenvalue weighted by atomic mass is 9.98. The molecule has 0 bridgehead atoms. The number of alkyl carbamates (subject to hydrolysis) is 1. The van der Waals surface area contributed by atoms with Crippen molar-refractivity contribution in [1.29, 1.82) is 0 Å². The highest BCUT2D eigenvalue weighted by Gasteiger charge is 2.29. The van der Waals surface area contributed by atoms with Crippen molar-refractivity contribution in [2.75, 3.05) is 6.61 Å². The van der Waals surface area contributed by atoms with Crippen molar-refractivity contribution in [3.63, 3.8) is 0 Å². The van der Waals surface area contributed by atoms with E-state index in [1.807, 2.05) is 36.4 Å². The van der Waals surface area contributed by atoms with E-state index in [-0.39, 0.29) is 18.9 Å². The van der Waals surface area contributed by atoms with Gasteiger partial charge in [0.05, 0.1) is 0 Å². The van der Waals surface area contributed by atoms with E-state index in [2.05, 4.69) is 17.4 Å². The molecule has 3 rings (SSSR count). The van der Waals surface area contributed by atoms with Crippen LogP contribution >= 0.6 is 11.6 Å². The number of benzene rings is 2. The highest BCUT2D eigenvalue weighted by atomic mass is 35.5. The SMILES string of the molecule is C/C(=C/Cl)CC(NC(=O)OCC1c2ccccc2-c2ccccc21)C(=O)O. The number of amides is 1. The number of fused-ring (bicyclic) bond motifs is 3. The van der Waals surface area contributed by atoms with E-state index >= 15 is 0 Å². The predicted octanol–water partition coefficient (Wildman–Crippen LogP) is 4.51. The molecule has 0 aliphatic heterocycles. The average molecular weight is 386 g/mol. The number of hydrogen-bond donors (Lipinski definition) is 2. The summed E-state index contributed by atoms with van der Waals surface area (Å²) in [7, 11) is 0. The van der Waals surface area contributed by atoms with Crippen molar-refractivity contribution >= 4 is 23.7 Å². The number of ether oxygens (including phenoxy) is 1. The summed E-state index contributed by atoms with van der Waals surface area (Å²) >= 11 is 5.58. The molecule has 1 atom stereocenters. The molecule has 140 valence electrons. The molecule has 5 nitrogen and oxygen atoms in total. The standard InChI is InChI=1S/C21H20ClNO4/c1-13(11-22)10-19(20(24)25)23-21(26)27-12-18-16-8-4-2-6-14(16)15-7-3-5-9-17(15)18/h2-9,11,18-19H,10,12H2,1H3,(H,23,26)(H,24,25)/b13-11-. The molecule has 6 heteroatoms. The highest BCUT2D eigenvalue weighted by molar-refractivity contribution is 6.25. The molecule has 2 aromatic carbocycles. The van der Waals surface area contributed by atoms with Gasteiger partial charge in [0, 0.05) is 17.9 Å². The maximum absolute atomic E-state index is 12.2. The number of halogens is 1. The quantitative estimate of drug-likeness (QED) is 0.767. The third-order valence-corrected chi connectivity index (χ3v) is 5.02. The lowest BCUT2D eigenvalue weighted by Crippen LogP contribution is -2.41. The number of hydrogen-bond acceptors (Lipinski definition) is 3. The van der Waals surface area contributed by atoms with Gasteiger partial charge in [0.1, 0.15) is 12.6 Å². The third kappa shape index (κ3) is 4.14. The number of carboxylic acid groups (broad SMARTS) is 1. The summed E-state index contributed by atoms with van der Waals surface area (Å²) in [6, 6.07) is 14.9. The second-order valence-corrected chi connectivity index (χ2v) is 6.74. The van der Waals surface area contributed by atoms with Gasteiger partial charge >= 0.3 is 12.1 Å². The molecule has 1 amide bonds. The molecule has 2 N–H and O–H groups in total. The summed E-state index contributed by atoms with van der Waals surface area (Å²) < 4.78 is 5.37. The van der Waals surface area contributed by atoms with Gasteiger partial charge in [-0.25, -0.2) is 9.59 Å². The fourth-order valence-corrected chi connectivity index (χ4v) is 3.44. The summed E-state index contributed by atoms with van der Waals surface area (Å²) in [5.74, 6) is -1.21. The first-order valence-electron chi connectivity index (χ1n) is 8.61. The molecule has 0 fully saturated rings. The van der Waals surface area contributed by atoms with Crippen LogP contribution in [0.2, 0.25) is 0 Å². The Kier molecular flexibility index (Phi) is 5.81. The number of nitrogens with one attached hydrogen (secondary N) is 1. The normalized spacial score (nSPS) is 14.2. The van der Waals surface area contributed by atoms with Gasteiger partial charge in [-0.3, -0.25) is 0 Å². The average Bonchev–Trinajstić information content (AvgIpc) is 2.99. The number of carboxylic acids is 1. The van der Waals surface area contributed by atoms with Gasteiger partial charge in [-0.05, 0) is 29.2 Å². The van der Waals surface area contributed by atoms with Crippen LogP contribution in [-0.4, -0.2) is 29.8 Å². The summed E-state index contributed by atoms with van der Waals surface area (Å²) in [4.78, 5) is 23.5. The largest absolute Gasteiger partial charge is 0.480 e. The van der Waals surface area contributed by atoms with Crippen LogP contribution in [0.1, 0.15) is 30.4 Å². The van der Waals surface area contributed by atoms with Crippen LogP contribution in [-0.2, 0) is 9.53 Å². The Morgan fingerprint density at radius 3 is 2.22 bits per heavy atom. The summed E-state index contributed by atoms with van der Waals surface area (Å²) in [6.45, 7) is 1.83. The zero-order chi connectivity index (χ0) is 19.4. The van der Waals surface area contributed by atoms with E-state index in [1.165, 1.54) is 5.54 Å². The number of carbonyl (C=O) groups excluding carboxylic acids is 1. The third-order valence-electron chi connectivity index (χ3n) is 4.65. The van der Waals surface area contributed by atoms with Crippen molar-refractivity contribution < 1.29 is 19.4 Å². The smallest absolute Gasteiger partial charge is 0.407 e. The molecule has 0 saturated carbocycles. The van der Waals surface area contributed by atoms with Crippen LogP contribution in [0, 0.1) is 0 Å². The lowest BCUT2D eigenvalue weighted by Gasteiger charge is -2.17. The van der Waals surface area contributed by atoms with Gasteiger partial charge < -0.3 is 15.2 Å². The fraction of sp³-hybridized carbons (Fsp3) is 0.238. The van der Waals surface area contributed by atoms with Crippen LogP contribution in [0.4, 0.5) is 4.79 Å². The first-order valence-corrected chi connectivity index (χ1v) is 9.05. The second-order valence-electron chi connectivity index (χ2n) is 6.52. The summed E-state index contributed by atoms with van der Waals surface area (Å²) in [6.07, 6.45) is -0.644.